The molecule has 0 radical (unpaired) electrons. The Bertz CT molecular complexity index is 700. The van der Waals surface area contributed by atoms with Crippen molar-refractivity contribution in [1.82, 2.24) is 9.55 Å². The molecule has 0 unspecified atom stereocenters. The number of aliphatic hydroxyl groups excluding tert-OH is 2. The number of nitrogens with zero attached hydrogens (tertiary/aromatic N) is 1. The van der Waals surface area contributed by atoms with E-state index in [1.165, 1.54) is 6.92 Å². The molecule has 2 heterocycles. The van der Waals surface area contributed by atoms with Crippen LogP contribution in [0.25, 0.3) is 0 Å². The second-order valence-corrected chi connectivity index (χ2v) is 5.24. The summed E-state index contributed by atoms with van der Waals surface area (Å²) in [6.07, 6.45) is -7.08. The van der Waals surface area contributed by atoms with Gasteiger partial charge in [-0.25, -0.2) is 9.18 Å². The second-order valence-electron chi connectivity index (χ2n) is 5.24. The summed E-state index contributed by atoms with van der Waals surface area (Å²) in [4.78, 5) is 36.6. The van der Waals surface area contributed by atoms with Gasteiger partial charge in [0.25, 0.3) is 5.56 Å². The Hall–Kier alpha value is -2.04. The number of aliphatic hydroxyl groups is 2. The first-order valence-corrected chi connectivity index (χ1v) is 6.84. The number of ether oxygens (including phenoxy) is 2. The van der Waals surface area contributed by atoms with Gasteiger partial charge in [-0.1, -0.05) is 0 Å². The Kier molecular flexibility index (Phi) is 4.97. The van der Waals surface area contributed by atoms with Crippen LogP contribution in [-0.4, -0.2) is 56.8 Å². The normalized spacial score (nSPS) is 30.9. The quantitative estimate of drug-likeness (QED) is 0.566. The van der Waals surface area contributed by atoms with E-state index in [0.29, 0.717) is 0 Å². The van der Waals surface area contributed by atoms with Gasteiger partial charge in [-0.2, -0.15) is 0 Å². The van der Waals surface area contributed by atoms with Gasteiger partial charge in [0.2, 0.25) is 0 Å². The molecule has 0 amide bonds. The Morgan fingerprint density at radius 3 is 2.74 bits per heavy atom. The Labute approximate surface area is 129 Å². The van der Waals surface area contributed by atoms with Crippen LogP contribution in [0.4, 0.5) is 4.39 Å². The summed E-state index contributed by atoms with van der Waals surface area (Å²) in [5.41, 5.74) is -1.37. The average Bonchev–Trinajstić information content (AvgIpc) is 2.48. The molecule has 1 saturated heterocycles. The van der Waals surface area contributed by atoms with E-state index in [1.807, 2.05) is 4.98 Å². The zero-order chi connectivity index (χ0) is 17.3. The van der Waals surface area contributed by atoms with E-state index in [-0.39, 0.29) is 5.56 Å². The maximum Gasteiger partial charge on any atom is 0.330 e. The molecule has 0 saturated carbocycles. The number of aromatic nitrogens is 2. The van der Waals surface area contributed by atoms with Gasteiger partial charge in [0, 0.05) is 18.7 Å². The minimum Gasteiger partial charge on any atom is -0.454 e. The molecular weight excluding hydrogens is 315 g/mol. The lowest BCUT2D eigenvalue weighted by atomic mass is 9.99. The van der Waals surface area contributed by atoms with Crippen molar-refractivity contribution in [2.45, 2.75) is 44.6 Å². The zero-order valence-electron chi connectivity index (χ0n) is 12.4. The predicted molar refractivity (Wildman–Crippen MR) is 73.5 cm³/mol. The first kappa shape index (κ1) is 17.3. The van der Waals surface area contributed by atoms with Crippen molar-refractivity contribution in [1.29, 1.82) is 0 Å². The minimum absolute atomic E-state index is 0.150. The molecule has 1 aromatic rings. The molecule has 128 valence electrons. The summed E-state index contributed by atoms with van der Waals surface area (Å²) < 4.78 is 25.4. The van der Waals surface area contributed by atoms with Gasteiger partial charge in [0.15, 0.2) is 18.5 Å². The SMILES string of the molecule is CC(=O)O[C@@H]1[C@@H](F)[C@H](O)[C@@H](CO)O[C@H]1n1cc(C)c(=O)[nH]c1=O. The first-order chi connectivity index (χ1) is 10.8. The molecule has 0 bridgehead atoms. The van der Waals surface area contributed by atoms with Crippen LogP contribution in [0.5, 0.6) is 0 Å². The van der Waals surface area contributed by atoms with E-state index >= 15 is 0 Å². The topological polar surface area (TPSA) is 131 Å². The lowest BCUT2D eigenvalue weighted by Gasteiger charge is -2.40. The third-order valence-electron chi connectivity index (χ3n) is 3.52. The number of carbonyl (C=O) groups excluding carboxylic acids is 1. The molecule has 23 heavy (non-hydrogen) atoms. The van der Waals surface area contributed by atoms with Crippen LogP contribution in [0.3, 0.4) is 0 Å². The summed E-state index contributed by atoms with van der Waals surface area (Å²) in [6.45, 7) is 1.75. The van der Waals surface area contributed by atoms with Crippen molar-refractivity contribution in [3.63, 3.8) is 0 Å². The van der Waals surface area contributed by atoms with Crippen molar-refractivity contribution < 1.29 is 28.9 Å². The molecule has 9 nitrogen and oxygen atoms in total. The predicted octanol–water partition coefficient (Wildman–Crippen LogP) is -1.63. The second kappa shape index (κ2) is 6.60. The molecule has 1 fully saturated rings. The molecule has 1 aliphatic rings. The summed E-state index contributed by atoms with van der Waals surface area (Å²) in [5, 5.41) is 18.9. The molecular formula is C13H17FN2O7. The number of nitrogens with one attached hydrogen (secondary N) is 1. The largest absolute Gasteiger partial charge is 0.454 e. The lowest BCUT2D eigenvalue weighted by molar-refractivity contribution is -0.245. The molecule has 1 aliphatic heterocycles. The van der Waals surface area contributed by atoms with Gasteiger partial charge in [0.05, 0.1) is 6.61 Å². The van der Waals surface area contributed by atoms with E-state index in [1.54, 1.807) is 0 Å². The standard InChI is InChI=1S/C13H17FN2O7/c1-5-3-16(13(21)15-11(5)20)12-10(22-6(2)18)8(14)9(19)7(4-17)23-12/h3,7-10,12,17,19H,4H2,1-2H3,(H,15,20,21)/t7-,8+,9-,10-,12-/m1/s1. The fourth-order valence-corrected chi connectivity index (χ4v) is 2.36. The van der Waals surface area contributed by atoms with Crippen molar-refractivity contribution in [3.05, 3.63) is 32.6 Å². The number of esters is 1. The highest BCUT2D eigenvalue weighted by molar-refractivity contribution is 5.66. The van der Waals surface area contributed by atoms with Crippen LogP contribution >= 0.6 is 0 Å². The number of hydrogen-bond donors (Lipinski definition) is 3. The van der Waals surface area contributed by atoms with Gasteiger partial charge < -0.3 is 19.7 Å². The third-order valence-corrected chi connectivity index (χ3v) is 3.52. The fourth-order valence-electron chi connectivity index (χ4n) is 2.36. The highest BCUT2D eigenvalue weighted by Crippen LogP contribution is 2.31. The van der Waals surface area contributed by atoms with Crippen molar-refractivity contribution in [2.24, 2.45) is 0 Å². The molecule has 3 N–H and O–H groups in total. The highest BCUT2D eigenvalue weighted by atomic mass is 19.1. The molecule has 5 atom stereocenters. The first-order valence-electron chi connectivity index (χ1n) is 6.84. The molecule has 2 rings (SSSR count). The number of aryl methyl sites for hydroxylation is 1. The van der Waals surface area contributed by atoms with Crippen molar-refractivity contribution >= 4 is 5.97 Å². The molecule has 0 aliphatic carbocycles. The Morgan fingerprint density at radius 1 is 1.52 bits per heavy atom. The van der Waals surface area contributed by atoms with Crippen LogP contribution in [0.2, 0.25) is 0 Å². The number of hydrogen-bond acceptors (Lipinski definition) is 7. The highest BCUT2D eigenvalue weighted by Gasteiger charge is 2.48. The molecule has 0 spiro atoms. The van der Waals surface area contributed by atoms with Crippen LogP contribution in [0.15, 0.2) is 15.8 Å². The van der Waals surface area contributed by atoms with Crippen LogP contribution < -0.4 is 11.2 Å². The fraction of sp³-hybridized carbons (Fsp3) is 0.615. The van der Waals surface area contributed by atoms with E-state index < -0.39 is 54.5 Å². The van der Waals surface area contributed by atoms with Gasteiger partial charge in [-0.15, -0.1) is 0 Å². The monoisotopic (exact) mass is 332 g/mol. The van der Waals surface area contributed by atoms with Crippen LogP contribution in [0, 0.1) is 6.92 Å². The van der Waals surface area contributed by atoms with Gasteiger partial charge >= 0.3 is 11.7 Å². The summed E-state index contributed by atoms with van der Waals surface area (Å²) in [5.74, 6) is -0.838. The average molecular weight is 332 g/mol. The van der Waals surface area contributed by atoms with Crippen LogP contribution in [0.1, 0.15) is 18.7 Å². The Balaban J connectivity index is 2.50. The van der Waals surface area contributed by atoms with Crippen LogP contribution in [-0.2, 0) is 14.3 Å². The van der Waals surface area contributed by atoms with E-state index in [0.717, 1.165) is 17.7 Å². The molecule has 10 heteroatoms. The smallest absolute Gasteiger partial charge is 0.330 e. The van der Waals surface area contributed by atoms with Gasteiger partial charge in [-0.3, -0.25) is 19.1 Å². The van der Waals surface area contributed by atoms with E-state index in [4.69, 9.17) is 9.47 Å². The van der Waals surface area contributed by atoms with E-state index in [9.17, 15) is 29.0 Å². The lowest BCUT2D eigenvalue weighted by Crippen LogP contribution is -2.57. The van der Waals surface area contributed by atoms with E-state index in [2.05, 4.69) is 0 Å². The van der Waals surface area contributed by atoms with Crippen molar-refractivity contribution in [2.75, 3.05) is 6.61 Å². The number of H-pyrrole nitrogens is 1. The number of halogens is 1. The summed E-state index contributed by atoms with van der Waals surface area (Å²) in [7, 11) is 0. The number of aromatic amines is 1. The number of alkyl halides is 1. The maximum atomic E-state index is 14.4. The number of rotatable bonds is 3. The Morgan fingerprint density at radius 2 is 2.17 bits per heavy atom. The molecule has 0 aromatic carbocycles. The minimum atomic E-state index is -2.09. The van der Waals surface area contributed by atoms with Crippen molar-refractivity contribution in [3.8, 4) is 0 Å². The summed E-state index contributed by atoms with van der Waals surface area (Å²) in [6, 6.07) is 0. The zero-order valence-corrected chi connectivity index (χ0v) is 12.4. The third kappa shape index (κ3) is 3.33. The van der Waals surface area contributed by atoms with Gasteiger partial charge in [0.1, 0.15) is 12.2 Å². The van der Waals surface area contributed by atoms with Gasteiger partial charge in [-0.05, 0) is 6.92 Å². The maximum absolute atomic E-state index is 14.4. The number of carbonyl (C=O) groups is 1. The molecule has 1 aromatic heterocycles. The summed E-state index contributed by atoms with van der Waals surface area (Å²) >= 11 is 0.